The van der Waals surface area contributed by atoms with Crippen molar-refractivity contribution >= 4 is 27.3 Å². The number of hydrazine groups is 1. The Labute approximate surface area is 217 Å². The molecule has 2 aromatic rings. The molecule has 6 rings (SSSR count). The van der Waals surface area contributed by atoms with Gasteiger partial charge in [-0.3, -0.25) is 5.01 Å². The number of hydrogen-bond donors (Lipinski definition) is 1. The number of halogens is 2. The van der Waals surface area contributed by atoms with Crippen LogP contribution < -0.4 is 10.4 Å². The fraction of sp³-hybridized carbons (Fsp3) is 0.357. The molecule has 0 bridgehead atoms. The molecule has 1 heterocycles. The molecular formula is C28H29ClFN3O2S. The van der Waals surface area contributed by atoms with Gasteiger partial charge in [-0.15, -0.1) is 0 Å². The summed E-state index contributed by atoms with van der Waals surface area (Å²) in [6, 6.07) is 13.2. The van der Waals surface area contributed by atoms with E-state index in [1.54, 1.807) is 40.7 Å². The molecule has 1 N–H and O–H groups in total. The van der Waals surface area contributed by atoms with E-state index in [0.717, 1.165) is 37.1 Å². The quantitative estimate of drug-likeness (QED) is 0.479. The van der Waals surface area contributed by atoms with Gasteiger partial charge in [-0.2, -0.15) is 4.31 Å². The predicted molar refractivity (Wildman–Crippen MR) is 140 cm³/mol. The molecule has 0 saturated heterocycles. The van der Waals surface area contributed by atoms with Gasteiger partial charge in [-0.25, -0.2) is 12.8 Å². The first-order valence-corrected chi connectivity index (χ1v) is 14.4. The Bertz CT molecular complexity index is 1400. The van der Waals surface area contributed by atoms with Crippen molar-refractivity contribution in [2.45, 2.75) is 37.5 Å². The first-order chi connectivity index (χ1) is 17.3. The monoisotopic (exact) mass is 525 g/mol. The maximum absolute atomic E-state index is 13.7. The molecule has 0 radical (unpaired) electrons. The van der Waals surface area contributed by atoms with E-state index in [-0.39, 0.29) is 27.6 Å². The lowest BCUT2D eigenvalue weighted by molar-refractivity contribution is 0.345. The van der Waals surface area contributed by atoms with Gasteiger partial charge in [0, 0.05) is 30.8 Å². The van der Waals surface area contributed by atoms with E-state index in [2.05, 4.69) is 18.4 Å². The van der Waals surface area contributed by atoms with Crippen LogP contribution in [0.25, 0.3) is 0 Å². The van der Waals surface area contributed by atoms with Crippen LogP contribution in [0.4, 0.5) is 10.1 Å². The number of sulfonamides is 1. The third-order valence-corrected chi connectivity index (χ3v) is 10.2. The largest absolute Gasteiger partial charge is 0.301 e. The van der Waals surface area contributed by atoms with Crippen LogP contribution in [0.1, 0.15) is 32.6 Å². The predicted octanol–water partition coefficient (Wildman–Crippen LogP) is 6.03. The van der Waals surface area contributed by atoms with Gasteiger partial charge >= 0.3 is 0 Å². The number of rotatable bonds is 7. The van der Waals surface area contributed by atoms with E-state index in [1.807, 2.05) is 11.2 Å². The average molecular weight is 526 g/mol. The van der Waals surface area contributed by atoms with Crippen molar-refractivity contribution < 1.29 is 12.8 Å². The second kappa shape index (κ2) is 9.05. The molecule has 1 saturated carbocycles. The fourth-order valence-electron chi connectivity index (χ4n) is 5.80. The van der Waals surface area contributed by atoms with Crippen molar-refractivity contribution in [2.24, 2.45) is 17.8 Å². The summed E-state index contributed by atoms with van der Waals surface area (Å²) in [5.41, 5.74) is 9.08. The molecule has 8 heteroatoms. The lowest BCUT2D eigenvalue weighted by atomic mass is 9.80. The number of benzene rings is 2. The van der Waals surface area contributed by atoms with Crippen LogP contribution in [0.3, 0.4) is 0 Å². The molecule has 0 spiro atoms. The zero-order valence-electron chi connectivity index (χ0n) is 20.1. The Morgan fingerprint density at radius 3 is 2.56 bits per heavy atom. The minimum absolute atomic E-state index is 0.157. The molecule has 1 aliphatic heterocycles. The van der Waals surface area contributed by atoms with Gasteiger partial charge in [0.15, 0.2) is 0 Å². The molecule has 36 heavy (non-hydrogen) atoms. The average Bonchev–Trinajstić information content (AvgIpc) is 3.43. The highest BCUT2D eigenvalue weighted by Crippen LogP contribution is 2.48. The Kier molecular flexibility index (Phi) is 5.97. The van der Waals surface area contributed by atoms with Crippen molar-refractivity contribution in [3.8, 4) is 0 Å². The van der Waals surface area contributed by atoms with Crippen molar-refractivity contribution in [1.82, 2.24) is 9.73 Å². The normalized spacial score (nSPS) is 23.4. The Morgan fingerprint density at radius 2 is 1.83 bits per heavy atom. The van der Waals surface area contributed by atoms with Crippen LogP contribution in [0.5, 0.6) is 0 Å². The summed E-state index contributed by atoms with van der Waals surface area (Å²) in [6.07, 6.45) is 8.23. The SMILES string of the molecule is C[C@H]1C2=CNN(c3ccc(F)cc3)C2=CC2=C1[C@@H](CN(CC1CC1)S(=O)(=O)c1ccccc1Cl)CC2. The molecular weight excluding hydrogens is 497 g/mol. The minimum Gasteiger partial charge on any atom is -0.301 e. The maximum atomic E-state index is 13.7. The number of allylic oxidation sites excluding steroid dienone is 3. The van der Waals surface area contributed by atoms with Gasteiger partial charge in [0.1, 0.15) is 10.7 Å². The molecule has 5 nitrogen and oxygen atoms in total. The molecule has 2 atom stereocenters. The Morgan fingerprint density at radius 1 is 1.08 bits per heavy atom. The summed E-state index contributed by atoms with van der Waals surface area (Å²) in [5.74, 6) is 0.488. The number of anilines is 1. The first-order valence-electron chi connectivity index (χ1n) is 12.5. The van der Waals surface area contributed by atoms with E-state index in [1.165, 1.54) is 28.9 Å². The number of nitrogens with one attached hydrogen (secondary N) is 1. The summed E-state index contributed by atoms with van der Waals surface area (Å²) >= 11 is 6.33. The van der Waals surface area contributed by atoms with Gasteiger partial charge in [0.2, 0.25) is 10.0 Å². The Hall–Kier alpha value is -2.61. The molecule has 4 aliphatic rings. The fourth-order valence-corrected chi connectivity index (χ4v) is 7.86. The highest BCUT2D eigenvalue weighted by Gasteiger charge is 2.41. The van der Waals surface area contributed by atoms with Gasteiger partial charge in [-0.1, -0.05) is 36.2 Å². The maximum Gasteiger partial charge on any atom is 0.244 e. The van der Waals surface area contributed by atoms with Crippen molar-refractivity contribution in [3.63, 3.8) is 0 Å². The molecule has 0 unspecified atom stereocenters. The molecule has 2 aromatic carbocycles. The van der Waals surface area contributed by atoms with Crippen LogP contribution in [0.2, 0.25) is 5.02 Å². The van der Waals surface area contributed by atoms with Crippen LogP contribution in [0, 0.1) is 23.6 Å². The highest BCUT2D eigenvalue weighted by molar-refractivity contribution is 7.89. The molecule has 188 valence electrons. The number of fused-ring (bicyclic) bond motifs is 1. The van der Waals surface area contributed by atoms with E-state index in [0.29, 0.717) is 19.0 Å². The zero-order valence-corrected chi connectivity index (χ0v) is 21.7. The highest BCUT2D eigenvalue weighted by atomic mass is 35.5. The summed E-state index contributed by atoms with van der Waals surface area (Å²) in [7, 11) is -3.70. The van der Waals surface area contributed by atoms with E-state index in [4.69, 9.17) is 11.6 Å². The lowest BCUT2D eigenvalue weighted by Gasteiger charge is -2.32. The summed E-state index contributed by atoms with van der Waals surface area (Å²) in [4.78, 5) is 0.191. The third kappa shape index (κ3) is 4.17. The van der Waals surface area contributed by atoms with E-state index in [9.17, 15) is 12.8 Å². The molecule has 0 amide bonds. The smallest absolute Gasteiger partial charge is 0.244 e. The number of nitrogens with zero attached hydrogens (tertiary/aromatic N) is 2. The summed E-state index contributed by atoms with van der Waals surface area (Å²) in [5, 5.41) is 2.26. The van der Waals surface area contributed by atoms with Crippen LogP contribution in [0.15, 0.2) is 88.1 Å². The van der Waals surface area contributed by atoms with Gasteiger partial charge < -0.3 is 5.43 Å². The van der Waals surface area contributed by atoms with Gasteiger partial charge in [0.25, 0.3) is 0 Å². The molecule has 0 aromatic heterocycles. The standard InChI is InChI=1S/C28H29ClFN3O2S/c1-18-24-15-31-33(23-12-10-22(30)11-13-23)26(24)14-20-8-9-21(28(18)20)17-32(16-19-6-7-19)36(34,35)27-5-3-2-4-25(27)29/h2-5,10-15,18-19,21,31H,6-9,16-17H2,1H3/t18-,21+/m0/s1. The van der Waals surface area contributed by atoms with E-state index >= 15 is 0 Å². The molecule has 1 fully saturated rings. The van der Waals surface area contributed by atoms with Crippen LogP contribution in [-0.2, 0) is 10.0 Å². The lowest BCUT2D eigenvalue weighted by Crippen LogP contribution is -2.38. The summed E-state index contributed by atoms with van der Waals surface area (Å²) in [6.45, 7) is 3.22. The van der Waals surface area contributed by atoms with Crippen LogP contribution in [-0.4, -0.2) is 25.8 Å². The third-order valence-electron chi connectivity index (χ3n) is 7.82. The second-order valence-electron chi connectivity index (χ2n) is 10.2. The first kappa shape index (κ1) is 23.8. The molecule has 3 aliphatic carbocycles. The van der Waals surface area contributed by atoms with Gasteiger partial charge in [0.05, 0.1) is 16.4 Å². The van der Waals surface area contributed by atoms with E-state index < -0.39 is 10.0 Å². The second-order valence-corrected chi connectivity index (χ2v) is 12.5. The summed E-state index contributed by atoms with van der Waals surface area (Å²) < 4.78 is 42.6. The zero-order chi connectivity index (χ0) is 25.0. The Balaban J connectivity index is 1.30. The number of hydrogen-bond acceptors (Lipinski definition) is 4. The topological polar surface area (TPSA) is 52.6 Å². The van der Waals surface area contributed by atoms with Gasteiger partial charge in [-0.05, 0) is 85.6 Å². The van der Waals surface area contributed by atoms with Crippen LogP contribution >= 0.6 is 11.6 Å². The minimum atomic E-state index is -3.70. The van der Waals surface area contributed by atoms with Crippen molar-refractivity contribution in [2.75, 3.05) is 18.1 Å². The van der Waals surface area contributed by atoms with Crippen molar-refractivity contribution in [3.05, 3.63) is 94.1 Å². The van der Waals surface area contributed by atoms with Crippen molar-refractivity contribution in [1.29, 1.82) is 0 Å².